The van der Waals surface area contributed by atoms with Crippen molar-refractivity contribution in [1.29, 1.82) is 5.26 Å². The van der Waals surface area contributed by atoms with Crippen molar-refractivity contribution < 1.29 is 9.59 Å². The molecule has 6 nitrogen and oxygen atoms in total. The van der Waals surface area contributed by atoms with Gasteiger partial charge in [0.15, 0.2) is 0 Å². The van der Waals surface area contributed by atoms with Crippen LogP contribution in [0, 0.1) is 11.3 Å². The molecule has 0 spiro atoms. The molecule has 0 fully saturated rings. The fourth-order valence-electron chi connectivity index (χ4n) is 2.08. The second-order valence-electron chi connectivity index (χ2n) is 3.78. The van der Waals surface area contributed by atoms with Crippen LogP contribution in [0.15, 0.2) is 29.2 Å². The Balaban J connectivity index is 2.66. The minimum atomic E-state index is -0.755. The molecule has 0 atom stereocenters. The molecule has 2 aromatic rings. The zero-order valence-corrected chi connectivity index (χ0v) is 8.93. The lowest BCUT2D eigenvalue weighted by Crippen LogP contribution is -2.25. The summed E-state index contributed by atoms with van der Waals surface area (Å²) in [5.74, 6) is -1.45. The SMILES string of the molecule is N#Cc1c2c(c(=O)n3ccccc13)C(=O)NC2=O. The quantitative estimate of drug-likeness (QED) is 0.658. The maximum Gasteiger partial charge on any atom is 0.268 e. The number of pyridine rings is 2. The van der Waals surface area contributed by atoms with Gasteiger partial charge in [-0.2, -0.15) is 5.26 Å². The monoisotopic (exact) mass is 239 g/mol. The van der Waals surface area contributed by atoms with Gasteiger partial charge in [0.25, 0.3) is 17.4 Å². The number of amides is 2. The fourth-order valence-corrected chi connectivity index (χ4v) is 2.08. The molecule has 0 aliphatic carbocycles. The van der Waals surface area contributed by atoms with E-state index in [1.807, 2.05) is 11.4 Å². The Labute approximate surface area is 100 Å². The molecule has 2 aromatic heterocycles. The lowest BCUT2D eigenvalue weighted by molar-refractivity contribution is 0.0879. The molecular weight excluding hydrogens is 234 g/mol. The number of imide groups is 1. The number of carbonyl (C=O) groups excluding carboxylic acids is 2. The zero-order chi connectivity index (χ0) is 12.9. The first kappa shape index (κ1) is 10.2. The van der Waals surface area contributed by atoms with Crippen LogP contribution in [0.2, 0.25) is 0 Å². The van der Waals surface area contributed by atoms with Crippen molar-refractivity contribution in [3.63, 3.8) is 0 Å². The number of nitriles is 1. The van der Waals surface area contributed by atoms with Crippen molar-refractivity contribution in [2.45, 2.75) is 0 Å². The highest BCUT2D eigenvalue weighted by Gasteiger charge is 2.34. The number of hydrogen-bond acceptors (Lipinski definition) is 4. The third kappa shape index (κ3) is 1.07. The predicted octanol–water partition coefficient (Wildman–Crippen LogP) is 0.0548. The summed E-state index contributed by atoms with van der Waals surface area (Å²) in [6.45, 7) is 0. The van der Waals surface area contributed by atoms with E-state index in [4.69, 9.17) is 5.26 Å². The minimum absolute atomic E-state index is 0.0357. The summed E-state index contributed by atoms with van der Waals surface area (Å²) in [4.78, 5) is 35.3. The smallest absolute Gasteiger partial charge is 0.268 e. The number of aromatic nitrogens is 1. The second kappa shape index (κ2) is 3.28. The van der Waals surface area contributed by atoms with E-state index in [0.29, 0.717) is 5.52 Å². The van der Waals surface area contributed by atoms with Crippen molar-refractivity contribution in [3.05, 3.63) is 51.4 Å². The number of fused-ring (bicyclic) bond motifs is 2. The Kier molecular flexibility index (Phi) is 1.86. The molecular formula is C12H5N3O3. The van der Waals surface area contributed by atoms with Crippen molar-refractivity contribution in [3.8, 4) is 6.07 Å². The lowest BCUT2D eigenvalue weighted by Gasteiger charge is -2.04. The average molecular weight is 239 g/mol. The first-order valence-corrected chi connectivity index (χ1v) is 5.08. The van der Waals surface area contributed by atoms with E-state index in [1.54, 1.807) is 18.2 Å². The third-order valence-electron chi connectivity index (χ3n) is 2.84. The van der Waals surface area contributed by atoms with Crippen molar-refractivity contribution in [1.82, 2.24) is 9.72 Å². The van der Waals surface area contributed by atoms with Gasteiger partial charge in [-0.15, -0.1) is 0 Å². The number of carbonyl (C=O) groups is 2. The first-order chi connectivity index (χ1) is 8.65. The largest absolute Gasteiger partial charge is 0.288 e. The lowest BCUT2D eigenvalue weighted by atomic mass is 10.0. The fraction of sp³-hybridized carbons (Fsp3) is 0. The summed E-state index contributed by atoms with van der Waals surface area (Å²) in [7, 11) is 0. The van der Waals surface area contributed by atoms with Gasteiger partial charge in [0.2, 0.25) is 0 Å². The second-order valence-corrected chi connectivity index (χ2v) is 3.78. The molecule has 0 unspecified atom stereocenters. The summed E-state index contributed by atoms with van der Waals surface area (Å²) in [6, 6.07) is 6.68. The molecule has 0 saturated heterocycles. The standard InChI is InChI=1S/C12H5N3O3/c13-5-6-7-3-1-2-4-15(7)12(18)9-8(6)10(16)14-11(9)17/h1-4H,(H,14,16,17). The van der Waals surface area contributed by atoms with Crippen LogP contribution >= 0.6 is 0 Å². The molecule has 2 amide bonds. The van der Waals surface area contributed by atoms with E-state index < -0.39 is 17.4 Å². The normalized spacial score (nSPS) is 13.3. The van der Waals surface area contributed by atoms with Gasteiger partial charge in [0.05, 0.1) is 16.6 Å². The number of hydrogen-bond donors (Lipinski definition) is 1. The van der Waals surface area contributed by atoms with Crippen molar-refractivity contribution in [2.24, 2.45) is 0 Å². The van der Waals surface area contributed by atoms with Crippen LogP contribution in [0.1, 0.15) is 26.3 Å². The molecule has 0 bridgehead atoms. The summed E-state index contributed by atoms with van der Waals surface area (Å²) in [6.07, 6.45) is 1.45. The van der Waals surface area contributed by atoms with Crippen molar-refractivity contribution >= 4 is 17.3 Å². The molecule has 0 saturated carbocycles. The molecule has 1 aliphatic rings. The Morgan fingerprint density at radius 1 is 1.11 bits per heavy atom. The van der Waals surface area contributed by atoms with E-state index >= 15 is 0 Å². The summed E-state index contributed by atoms with van der Waals surface area (Å²) in [5.41, 5.74) is -0.635. The topological polar surface area (TPSA) is 91.4 Å². The third-order valence-corrected chi connectivity index (χ3v) is 2.84. The number of nitrogens with one attached hydrogen (secondary N) is 1. The molecule has 3 rings (SSSR count). The molecule has 6 heteroatoms. The molecule has 86 valence electrons. The highest BCUT2D eigenvalue weighted by molar-refractivity contribution is 6.23. The molecule has 0 aromatic carbocycles. The highest BCUT2D eigenvalue weighted by atomic mass is 16.2. The van der Waals surface area contributed by atoms with Crippen molar-refractivity contribution in [2.75, 3.05) is 0 Å². The number of rotatable bonds is 0. The number of nitrogens with zero attached hydrogens (tertiary/aromatic N) is 2. The minimum Gasteiger partial charge on any atom is -0.288 e. The van der Waals surface area contributed by atoms with Crippen LogP contribution in [0.25, 0.3) is 5.52 Å². The molecule has 3 heterocycles. The zero-order valence-electron chi connectivity index (χ0n) is 8.93. The maximum absolute atomic E-state index is 12.1. The van der Waals surface area contributed by atoms with Gasteiger partial charge in [-0.05, 0) is 12.1 Å². The molecule has 0 radical (unpaired) electrons. The van der Waals surface area contributed by atoms with E-state index in [0.717, 1.165) is 0 Å². The van der Waals surface area contributed by atoms with Gasteiger partial charge in [-0.25, -0.2) is 0 Å². The predicted molar refractivity (Wildman–Crippen MR) is 60.2 cm³/mol. The van der Waals surface area contributed by atoms with Crippen LogP contribution < -0.4 is 10.9 Å². The van der Waals surface area contributed by atoms with E-state index in [9.17, 15) is 14.4 Å². The van der Waals surface area contributed by atoms with E-state index in [-0.39, 0.29) is 16.7 Å². The van der Waals surface area contributed by atoms with E-state index in [2.05, 4.69) is 0 Å². The van der Waals surface area contributed by atoms with Gasteiger partial charge in [-0.1, -0.05) is 6.07 Å². The molecule has 18 heavy (non-hydrogen) atoms. The highest BCUT2D eigenvalue weighted by Crippen LogP contribution is 2.20. The average Bonchev–Trinajstić information content (AvgIpc) is 2.66. The summed E-state index contributed by atoms with van der Waals surface area (Å²) >= 11 is 0. The van der Waals surface area contributed by atoms with Crippen LogP contribution in [0.4, 0.5) is 0 Å². The Hall–Kier alpha value is -2.94. The van der Waals surface area contributed by atoms with Gasteiger partial charge in [-0.3, -0.25) is 24.1 Å². The van der Waals surface area contributed by atoms with Crippen LogP contribution in [-0.2, 0) is 0 Å². The van der Waals surface area contributed by atoms with Crippen LogP contribution in [0.5, 0.6) is 0 Å². The van der Waals surface area contributed by atoms with Gasteiger partial charge in [0.1, 0.15) is 11.6 Å². The maximum atomic E-state index is 12.1. The Morgan fingerprint density at radius 3 is 2.56 bits per heavy atom. The Morgan fingerprint density at radius 2 is 1.83 bits per heavy atom. The van der Waals surface area contributed by atoms with E-state index in [1.165, 1.54) is 10.6 Å². The molecule has 1 aliphatic heterocycles. The van der Waals surface area contributed by atoms with Crippen LogP contribution in [-0.4, -0.2) is 16.2 Å². The first-order valence-electron chi connectivity index (χ1n) is 5.08. The van der Waals surface area contributed by atoms with Gasteiger partial charge >= 0.3 is 0 Å². The van der Waals surface area contributed by atoms with Crippen LogP contribution in [0.3, 0.4) is 0 Å². The Bertz CT molecular complexity index is 827. The summed E-state index contributed by atoms with van der Waals surface area (Å²) < 4.78 is 1.19. The molecule has 1 N–H and O–H groups in total. The van der Waals surface area contributed by atoms with Gasteiger partial charge in [0, 0.05) is 6.20 Å². The summed E-state index contributed by atoms with van der Waals surface area (Å²) in [5, 5.41) is 11.2. The van der Waals surface area contributed by atoms with Gasteiger partial charge < -0.3 is 0 Å².